The predicted octanol–water partition coefficient (Wildman–Crippen LogP) is 9.32. The maximum Gasteiger partial charge on any atom is 0.306 e. The largest absolute Gasteiger partial charge is 0.461 e. The van der Waals surface area contributed by atoms with E-state index in [9.17, 15) is 9.90 Å². The second-order valence-corrected chi connectivity index (χ2v) is 9.95. The van der Waals surface area contributed by atoms with Gasteiger partial charge in [-0.3, -0.25) is 4.79 Å². The van der Waals surface area contributed by atoms with Crippen LogP contribution in [-0.4, -0.2) is 24.3 Å². The molecule has 33 heavy (non-hydrogen) atoms. The topological polar surface area (TPSA) is 46.5 Å². The van der Waals surface area contributed by atoms with Gasteiger partial charge in [0.2, 0.25) is 0 Å². The van der Waals surface area contributed by atoms with Crippen LogP contribution in [0.1, 0.15) is 155 Å². The minimum absolute atomic E-state index is 0.0518. The number of unbranched alkanes of at least 4 members (excludes halogenated alkanes) is 15. The molecule has 1 unspecified atom stereocenters. The van der Waals surface area contributed by atoms with Crippen molar-refractivity contribution in [3.05, 3.63) is 12.2 Å². The summed E-state index contributed by atoms with van der Waals surface area (Å²) in [5.41, 5.74) is 0. The number of aliphatic hydroxyl groups is 1. The van der Waals surface area contributed by atoms with Crippen molar-refractivity contribution in [1.29, 1.82) is 0 Å². The minimum atomic E-state index is -0.0518. The van der Waals surface area contributed by atoms with Crippen LogP contribution in [0.3, 0.4) is 0 Å². The van der Waals surface area contributed by atoms with Crippen molar-refractivity contribution in [2.45, 2.75) is 155 Å². The van der Waals surface area contributed by atoms with Crippen LogP contribution in [0, 0.1) is 5.92 Å². The van der Waals surface area contributed by atoms with Crippen molar-refractivity contribution in [3.8, 4) is 0 Å². The number of carbonyl (C=O) groups is 1. The molecule has 0 saturated carbocycles. The quantitative estimate of drug-likeness (QED) is 0.0784. The van der Waals surface area contributed by atoms with Gasteiger partial charge in [-0.2, -0.15) is 0 Å². The van der Waals surface area contributed by atoms with E-state index in [-0.39, 0.29) is 5.97 Å². The molecule has 0 spiro atoms. The summed E-state index contributed by atoms with van der Waals surface area (Å²) in [5.74, 6) is 0.682. The van der Waals surface area contributed by atoms with E-state index in [0.29, 0.717) is 19.6 Å². The number of ether oxygens (including phenoxy) is 1. The van der Waals surface area contributed by atoms with Gasteiger partial charge >= 0.3 is 5.97 Å². The van der Waals surface area contributed by atoms with Crippen LogP contribution in [0.25, 0.3) is 0 Å². The standard InChI is InChI=1S/C30H58O3/c1-3-5-7-9-12-15-19-23-29(26-27-31)24-20-16-13-10-11-14-17-21-25-30(32)33-28-22-18-8-6-4-2/h18,22,29,31H,3-17,19-21,23-28H2,1-2H3/b22-18-. The number of esters is 1. The summed E-state index contributed by atoms with van der Waals surface area (Å²) in [6.45, 7) is 5.24. The third kappa shape index (κ3) is 25.6. The van der Waals surface area contributed by atoms with Crippen molar-refractivity contribution in [1.82, 2.24) is 0 Å². The predicted molar refractivity (Wildman–Crippen MR) is 144 cm³/mol. The lowest BCUT2D eigenvalue weighted by Crippen LogP contribution is -2.04. The normalized spacial score (nSPS) is 12.5. The molecule has 0 aromatic carbocycles. The summed E-state index contributed by atoms with van der Waals surface area (Å²) in [6.07, 6.45) is 31.3. The van der Waals surface area contributed by atoms with Gasteiger partial charge in [0.1, 0.15) is 6.61 Å². The first-order chi connectivity index (χ1) is 16.2. The smallest absolute Gasteiger partial charge is 0.306 e. The first-order valence-electron chi connectivity index (χ1n) is 14.7. The van der Waals surface area contributed by atoms with Gasteiger partial charge in [0.05, 0.1) is 0 Å². The number of aliphatic hydroxyl groups excluding tert-OH is 1. The van der Waals surface area contributed by atoms with Crippen molar-refractivity contribution < 1.29 is 14.6 Å². The molecule has 0 bridgehead atoms. The highest BCUT2D eigenvalue weighted by molar-refractivity contribution is 5.69. The van der Waals surface area contributed by atoms with Crippen LogP contribution in [0.5, 0.6) is 0 Å². The van der Waals surface area contributed by atoms with Crippen molar-refractivity contribution in [3.63, 3.8) is 0 Å². The van der Waals surface area contributed by atoms with Crippen molar-refractivity contribution in [2.24, 2.45) is 5.92 Å². The van der Waals surface area contributed by atoms with E-state index in [1.54, 1.807) is 0 Å². The van der Waals surface area contributed by atoms with E-state index >= 15 is 0 Å². The summed E-state index contributed by atoms with van der Waals surface area (Å²) >= 11 is 0. The minimum Gasteiger partial charge on any atom is -0.461 e. The fourth-order valence-electron chi connectivity index (χ4n) is 4.49. The molecular formula is C30H58O3. The average molecular weight is 467 g/mol. The lowest BCUT2D eigenvalue weighted by Gasteiger charge is -2.15. The molecule has 0 aliphatic carbocycles. The zero-order chi connectivity index (χ0) is 24.2. The van der Waals surface area contributed by atoms with Crippen molar-refractivity contribution >= 4 is 5.97 Å². The Bertz CT molecular complexity index is 419. The number of hydrogen-bond donors (Lipinski definition) is 1. The van der Waals surface area contributed by atoms with E-state index < -0.39 is 0 Å². The Kier molecular flexibility index (Phi) is 26.7. The molecule has 0 heterocycles. The van der Waals surface area contributed by atoms with Gasteiger partial charge in [0, 0.05) is 13.0 Å². The molecule has 0 aliphatic heterocycles. The molecule has 0 aromatic heterocycles. The van der Waals surface area contributed by atoms with Crippen LogP contribution in [0.15, 0.2) is 12.2 Å². The number of hydrogen-bond acceptors (Lipinski definition) is 3. The van der Waals surface area contributed by atoms with E-state index in [1.807, 2.05) is 6.08 Å². The van der Waals surface area contributed by atoms with Crippen LogP contribution in [-0.2, 0) is 9.53 Å². The van der Waals surface area contributed by atoms with Gasteiger partial charge in [0.15, 0.2) is 0 Å². The summed E-state index contributed by atoms with van der Waals surface area (Å²) in [6, 6.07) is 0. The molecule has 0 radical (unpaired) electrons. The van der Waals surface area contributed by atoms with Gasteiger partial charge in [-0.05, 0) is 25.2 Å². The van der Waals surface area contributed by atoms with Gasteiger partial charge in [-0.25, -0.2) is 0 Å². The van der Waals surface area contributed by atoms with Crippen LogP contribution in [0.4, 0.5) is 0 Å². The van der Waals surface area contributed by atoms with E-state index in [0.717, 1.165) is 31.6 Å². The Balaban J connectivity index is 3.47. The molecule has 3 nitrogen and oxygen atoms in total. The second-order valence-electron chi connectivity index (χ2n) is 9.95. The molecule has 3 heteroatoms. The summed E-state index contributed by atoms with van der Waals surface area (Å²) in [5, 5.41) is 9.36. The van der Waals surface area contributed by atoms with Crippen LogP contribution >= 0.6 is 0 Å². The van der Waals surface area contributed by atoms with Gasteiger partial charge in [-0.1, -0.05) is 142 Å². The fraction of sp³-hybridized carbons (Fsp3) is 0.900. The molecule has 1 N–H and O–H groups in total. The fourth-order valence-corrected chi connectivity index (χ4v) is 4.49. The molecule has 0 saturated heterocycles. The Morgan fingerprint density at radius 1 is 0.667 bits per heavy atom. The Morgan fingerprint density at radius 2 is 1.18 bits per heavy atom. The molecule has 0 rings (SSSR count). The lowest BCUT2D eigenvalue weighted by molar-refractivity contribution is -0.142. The zero-order valence-electron chi connectivity index (χ0n) is 22.5. The Hall–Kier alpha value is -0.830. The SMILES string of the molecule is CCCC/C=C\COC(=O)CCCCCCCCCCC(CCO)CCCCCCCCC. The van der Waals surface area contributed by atoms with Gasteiger partial charge < -0.3 is 9.84 Å². The van der Waals surface area contributed by atoms with E-state index in [2.05, 4.69) is 19.9 Å². The third-order valence-electron chi connectivity index (χ3n) is 6.73. The van der Waals surface area contributed by atoms with Crippen LogP contribution in [0.2, 0.25) is 0 Å². The molecule has 0 aromatic rings. The molecule has 196 valence electrons. The average Bonchev–Trinajstić information content (AvgIpc) is 2.81. The molecule has 1 atom stereocenters. The summed E-state index contributed by atoms with van der Waals surface area (Å²) < 4.78 is 5.24. The Labute approximate surface area is 207 Å². The maximum atomic E-state index is 11.7. The summed E-state index contributed by atoms with van der Waals surface area (Å²) in [4.78, 5) is 11.7. The van der Waals surface area contributed by atoms with Crippen LogP contribution < -0.4 is 0 Å². The number of rotatable bonds is 26. The first kappa shape index (κ1) is 32.2. The van der Waals surface area contributed by atoms with E-state index in [4.69, 9.17) is 4.74 Å². The zero-order valence-corrected chi connectivity index (χ0v) is 22.5. The van der Waals surface area contributed by atoms with E-state index in [1.165, 1.54) is 109 Å². The molecule has 0 amide bonds. The highest BCUT2D eigenvalue weighted by Gasteiger charge is 2.08. The second kappa shape index (κ2) is 27.4. The first-order valence-corrected chi connectivity index (χ1v) is 14.7. The third-order valence-corrected chi connectivity index (χ3v) is 6.73. The maximum absolute atomic E-state index is 11.7. The molecule has 0 aliphatic rings. The Morgan fingerprint density at radius 3 is 1.73 bits per heavy atom. The van der Waals surface area contributed by atoms with Gasteiger partial charge in [0.25, 0.3) is 0 Å². The highest BCUT2D eigenvalue weighted by atomic mass is 16.5. The monoisotopic (exact) mass is 466 g/mol. The molecular weight excluding hydrogens is 408 g/mol. The lowest BCUT2D eigenvalue weighted by atomic mass is 9.91. The number of carbonyl (C=O) groups excluding carboxylic acids is 1. The molecule has 0 fully saturated rings. The summed E-state index contributed by atoms with van der Waals surface area (Å²) in [7, 11) is 0. The number of allylic oxidation sites excluding steroid dienone is 1. The van der Waals surface area contributed by atoms with Crippen molar-refractivity contribution in [2.75, 3.05) is 13.2 Å². The highest BCUT2D eigenvalue weighted by Crippen LogP contribution is 2.22. The van der Waals surface area contributed by atoms with Gasteiger partial charge in [-0.15, -0.1) is 0 Å².